The standard InChI is InChI=1S/C13H9.C12H11Si.C9H12N.2ClH.Hf/c1-3-7-12-10(5-1)9-11-6-2-4-8-13(11)12;1-3-7-11(8-4-1)13-12-9-5-2-6-10-12;1-6-4-7(2)9(10)8(3)5-6;;;/h1-5,7-8H,9H2;1-10,13H;4-5,10H,1-3H3;2*1H;/q-1;;-1;;;+4/p-2. The van der Waals surface area contributed by atoms with Gasteiger partial charge in [0.15, 0.2) is 0 Å². The number of aryl methyl sites for hydroxylation is 3. The molecule has 1 nitrogen and oxygen atoms in total. The van der Waals surface area contributed by atoms with Crippen molar-refractivity contribution in [3.05, 3.63) is 155 Å². The van der Waals surface area contributed by atoms with E-state index in [2.05, 4.69) is 110 Å². The van der Waals surface area contributed by atoms with E-state index in [4.69, 9.17) is 5.73 Å². The first kappa shape index (κ1) is 34.6. The van der Waals surface area contributed by atoms with Crippen LogP contribution in [0.4, 0.5) is 5.69 Å². The van der Waals surface area contributed by atoms with Crippen molar-refractivity contribution in [2.24, 2.45) is 0 Å². The fourth-order valence-electron chi connectivity index (χ4n) is 4.47. The fraction of sp³-hybridized carbons (Fsp3) is 0.118. The number of fused-ring (bicyclic) bond motifs is 3. The molecule has 0 unspecified atom stereocenters. The number of hydrogen-bond acceptors (Lipinski definition) is 0. The Kier molecular flexibility index (Phi) is 15.3. The summed E-state index contributed by atoms with van der Waals surface area (Å²) in [5, 5.41) is 2.90. The van der Waals surface area contributed by atoms with Crippen LogP contribution in [0.2, 0.25) is 0 Å². The van der Waals surface area contributed by atoms with Gasteiger partial charge >= 0.3 is 25.8 Å². The summed E-state index contributed by atoms with van der Waals surface area (Å²) in [4.78, 5) is 0. The quantitative estimate of drug-likeness (QED) is 0.190. The van der Waals surface area contributed by atoms with Crippen LogP contribution in [-0.2, 0) is 32.3 Å². The van der Waals surface area contributed by atoms with Gasteiger partial charge in [0, 0.05) is 0 Å². The van der Waals surface area contributed by atoms with Gasteiger partial charge < -0.3 is 30.5 Å². The van der Waals surface area contributed by atoms with Crippen molar-refractivity contribution in [3.63, 3.8) is 0 Å². The Morgan fingerprint density at radius 1 is 0.641 bits per heavy atom. The third-order valence-corrected chi connectivity index (χ3v) is 7.66. The van der Waals surface area contributed by atoms with Crippen molar-refractivity contribution in [1.82, 2.24) is 0 Å². The van der Waals surface area contributed by atoms with Crippen molar-refractivity contribution >= 4 is 25.6 Å². The zero-order valence-corrected chi connectivity index (χ0v) is 28.8. The van der Waals surface area contributed by atoms with Crippen LogP contribution in [0.5, 0.6) is 0 Å². The maximum absolute atomic E-state index is 7.54. The van der Waals surface area contributed by atoms with Gasteiger partial charge in [0.05, 0.1) is 0 Å². The second-order valence-corrected chi connectivity index (χ2v) is 10.8. The topological polar surface area (TPSA) is 23.8 Å². The van der Waals surface area contributed by atoms with E-state index in [1.807, 2.05) is 32.0 Å². The summed E-state index contributed by atoms with van der Waals surface area (Å²) in [6, 6.07) is 43.5. The van der Waals surface area contributed by atoms with Gasteiger partial charge in [0.2, 0.25) is 0 Å². The van der Waals surface area contributed by atoms with E-state index >= 15 is 0 Å². The van der Waals surface area contributed by atoms with Crippen LogP contribution in [0.15, 0.2) is 115 Å². The molecule has 0 spiro atoms. The van der Waals surface area contributed by atoms with E-state index in [0.29, 0.717) is 5.69 Å². The van der Waals surface area contributed by atoms with E-state index in [0.717, 1.165) is 17.5 Å². The Labute approximate surface area is 267 Å². The maximum Gasteiger partial charge on any atom is 4.00 e. The predicted octanol–water partition coefficient (Wildman–Crippen LogP) is 1.43. The number of benzene rings is 5. The van der Waals surface area contributed by atoms with Gasteiger partial charge in [-0.2, -0.15) is 29.8 Å². The molecule has 0 saturated carbocycles. The van der Waals surface area contributed by atoms with Gasteiger partial charge in [-0.1, -0.05) is 135 Å². The van der Waals surface area contributed by atoms with Crippen LogP contribution in [-0.4, -0.2) is 9.52 Å². The first-order valence-corrected chi connectivity index (χ1v) is 13.5. The Morgan fingerprint density at radius 2 is 1.13 bits per heavy atom. The zero-order valence-electron chi connectivity index (χ0n) is 22.5. The van der Waals surface area contributed by atoms with Crippen LogP contribution in [0.3, 0.4) is 0 Å². The Morgan fingerprint density at radius 3 is 1.69 bits per heavy atom. The van der Waals surface area contributed by atoms with E-state index in [-0.39, 0.29) is 60.2 Å². The summed E-state index contributed by atoms with van der Waals surface area (Å²) in [6.07, 6.45) is 1.05. The summed E-state index contributed by atoms with van der Waals surface area (Å²) in [6.45, 7) is 6.00. The molecule has 0 saturated heterocycles. The largest absolute Gasteiger partial charge is 4.00 e. The molecular weight excluding hydrogens is 700 g/mol. The SMILES string of the molecule is Cc1cc(C)c([NH-])c(C)c1.[Cl-].[Cl-].[Hf+4].[c-]1cccc2c1Cc1ccccc1-2.c1ccc([SiH]c2ccccc2)cc1. The molecule has 1 aliphatic rings. The summed E-state index contributed by atoms with van der Waals surface area (Å²) in [5.41, 5.74) is 17.1. The minimum Gasteiger partial charge on any atom is -1.00 e. The van der Waals surface area contributed by atoms with Gasteiger partial charge in [-0.15, -0.1) is 11.3 Å². The molecule has 1 N–H and O–H groups in total. The fourth-order valence-corrected chi connectivity index (χ4v) is 5.68. The van der Waals surface area contributed by atoms with E-state index in [1.54, 1.807) is 0 Å². The molecular formula is C34H32Cl2HfNSi. The third kappa shape index (κ3) is 9.92. The molecule has 0 amide bonds. The van der Waals surface area contributed by atoms with Gasteiger partial charge in [0.1, 0.15) is 9.52 Å². The molecule has 6 rings (SSSR count). The van der Waals surface area contributed by atoms with Crippen molar-refractivity contribution in [3.8, 4) is 11.1 Å². The molecule has 1 aliphatic carbocycles. The molecule has 0 heterocycles. The molecule has 195 valence electrons. The first-order chi connectivity index (χ1) is 17.5. The second kappa shape index (κ2) is 17.3. The minimum absolute atomic E-state index is 0. The Balaban J connectivity index is 0.000000285. The monoisotopic (exact) mass is 732 g/mol. The molecule has 0 fully saturated rings. The number of halogens is 2. The minimum atomic E-state index is 0. The molecule has 0 bridgehead atoms. The van der Waals surface area contributed by atoms with Crippen molar-refractivity contribution in [1.29, 1.82) is 0 Å². The van der Waals surface area contributed by atoms with E-state index in [9.17, 15) is 0 Å². The van der Waals surface area contributed by atoms with E-state index < -0.39 is 0 Å². The van der Waals surface area contributed by atoms with Gasteiger partial charge in [0.25, 0.3) is 0 Å². The van der Waals surface area contributed by atoms with Gasteiger partial charge in [-0.3, -0.25) is 0 Å². The molecule has 0 atom stereocenters. The summed E-state index contributed by atoms with van der Waals surface area (Å²) < 4.78 is 0. The average molecular weight is 732 g/mol. The first-order valence-electron chi connectivity index (χ1n) is 12.3. The Hall–Kier alpha value is -2.43. The molecule has 5 aromatic rings. The summed E-state index contributed by atoms with van der Waals surface area (Å²) >= 11 is 0. The van der Waals surface area contributed by atoms with E-state index in [1.165, 1.54) is 38.2 Å². The van der Waals surface area contributed by atoms with Crippen molar-refractivity contribution in [2.75, 3.05) is 0 Å². The molecule has 39 heavy (non-hydrogen) atoms. The molecule has 5 aromatic carbocycles. The van der Waals surface area contributed by atoms with Crippen molar-refractivity contribution < 1.29 is 50.7 Å². The maximum atomic E-state index is 7.54. The molecule has 1 radical (unpaired) electrons. The molecule has 5 heteroatoms. The van der Waals surface area contributed by atoms with Crippen LogP contribution in [0.25, 0.3) is 16.9 Å². The van der Waals surface area contributed by atoms with Crippen LogP contribution >= 0.6 is 0 Å². The molecule has 0 aromatic heterocycles. The van der Waals surface area contributed by atoms with Crippen LogP contribution < -0.4 is 35.2 Å². The molecule has 0 aliphatic heterocycles. The third-order valence-electron chi connectivity index (χ3n) is 6.23. The number of rotatable bonds is 2. The predicted molar refractivity (Wildman–Crippen MR) is 157 cm³/mol. The summed E-state index contributed by atoms with van der Waals surface area (Å²) in [5.74, 6) is 0. The van der Waals surface area contributed by atoms with Crippen LogP contribution in [0, 0.1) is 26.8 Å². The average Bonchev–Trinajstić information content (AvgIpc) is 3.28. The van der Waals surface area contributed by atoms with Crippen LogP contribution in [0.1, 0.15) is 27.8 Å². The van der Waals surface area contributed by atoms with Gasteiger partial charge in [-0.25, -0.2) is 0 Å². The Bertz CT molecular complexity index is 1320. The van der Waals surface area contributed by atoms with Gasteiger partial charge in [-0.05, 0) is 27.2 Å². The number of nitrogens with one attached hydrogen (secondary N) is 1. The summed E-state index contributed by atoms with van der Waals surface area (Å²) in [7, 11) is 0.271. The smallest absolute Gasteiger partial charge is 1.00 e. The zero-order chi connectivity index (χ0) is 25.3. The number of hydrogen-bond donors (Lipinski definition) is 0. The van der Waals surface area contributed by atoms with Crippen molar-refractivity contribution in [2.45, 2.75) is 27.2 Å². The second-order valence-electron chi connectivity index (χ2n) is 9.14. The normalized spacial score (nSPS) is 9.92.